The van der Waals surface area contributed by atoms with Crippen LogP contribution in [0.2, 0.25) is 0 Å². The highest BCUT2D eigenvalue weighted by molar-refractivity contribution is 6.00. The number of allylic oxidation sites excluding steroid dienone is 5. The Labute approximate surface area is 420 Å². The molecule has 3 nitrogen and oxygen atoms in total. The van der Waals surface area contributed by atoms with Crippen molar-refractivity contribution in [2.24, 2.45) is 0 Å². The molecule has 0 N–H and O–H groups in total. The average Bonchev–Trinajstić information content (AvgIpc) is 4.11. The molecule has 0 saturated heterocycles. The van der Waals surface area contributed by atoms with Gasteiger partial charge in [0.25, 0.3) is 0 Å². The van der Waals surface area contributed by atoms with Crippen LogP contribution in [-0.4, -0.2) is 15.0 Å². The Kier molecular flexibility index (Phi) is 8.47. The zero-order valence-electron chi connectivity index (χ0n) is 40.1. The fourth-order valence-corrected chi connectivity index (χ4v) is 13.9. The second-order valence-electron chi connectivity index (χ2n) is 20.6. The molecule has 5 aliphatic carbocycles. The minimum atomic E-state index is -0.505. The van der Waals surface area contributed by atoms with Crippen LogP contribution >= 0.6 is 0 Å². The molecule has 338 valence electrons. The fourth-order valence-electron chi connectivity index (χ4n) is 13.9. The Morgan fingerprint density at radius 1 is 0.361 bits per heavy atom. The Bertz CT molecular complexity index is 4040. The third kappa shape index (κ3) is 5.27. The summed E-state index contributed by atoms with van der Waals surface area (Å²) < 4.78 is 0. The van der Waals surface area contributed by atoms with Crippen LogP contribution in [0.1, 0.15) is 75.9 Å². The number of rotatable bonds is 3. The van der Waals surface area contributed by atoms with Crippen LogP contribution in [0, 0.1) is 0 Å². The minimum Gasteiger partial charge on any atom is -0.208 e. The van der Waals surface area contributed by atoms with Crippen molar-refractivity contribution in [3.8, 4) is 78.7 Å². The van der Waals surface area contributed by atoms with Crippen LogP contribution in [0.15, 0.2) is 231 Å². The summed E-state index contributed by atoms with van der Waals surface area (Å²) in [4.78, 5) is 17.0. The molecule has 5 aliphatic rings. The van der Waals surface area contributed by atoms with Gasteiger partial charge in [0.1, 0.15) is 0 Å². The van der Waals surface area contributed by atoms with Gasteiger partial charge in [-0.3, -0.25) is 0 Å². The van der Waals surface area contributed by atoms with E-state index in [4.69, 9.17) is 15.0 Å². The van der Waals surface area contributed by atoms with Crippen molar-refractivity contribution < 1.29 is 0 Å². The molecular weight excluding hydrogens is 871 g/mol. The SMILES string of the molecule is C=C1/C=C\C=C/CC2(c3ccccc31)c1ccccc1-c1c(-c3nc(-c4ccc5c(c4)C(C)(C)c4ccccc4-5)nc(-c4cccc5c4-c4ccccc4C54c5ccccc5-c5ccccc54)n3)cccc12. The van der Waals surface area contributed by atoms with Crippen LogP contribution in [0.3, 0.4) is 0 Å². The van der Waals surface area contributed by atoms with E-state index in [9.17, 15) is 0 Å². The summed E-state index contributed by atoms with van der Waals surface area (Å²) in [6.07, 6.45) is 9.52. The summed E-state index contributed by atoms with van der Waals surface area (Å²) in [5.74, 6) is 1.95. The maximum absolute atomic E-state index is 5.72. The number of hydrogen-bond acceptors (Lipinski definition) is 3. The lowest BCUT2D eigenvalue weighted by atomic mass is 9.68. The number of benzene rings is 9. The lowest BCUT2D eigenvalue weighted by molar-refractivity contribution is 0.643. The monoisotopic (exact) mass is 917 g/mol. The van der Waals surface area contributed by atoms with Gasteiger partial charge in [0.05, 0.1) is 10.8 Å². The Morgan fingerprint density at radius 3 is 1.43 bits per heavy atom. The van der Waals surface area contributed by atoms with Crippen LogP contribution in [-0.2, 0) is 16.2 Å². The zero-order chi connectivity index (χ0) is 47.9. The summed E-state index contributed by atoms with van der Waals surface area (Å²) in [5.41, 5.74) is 25.2. The van der Waals surface area contributed by atoms with E-state index in [0.717, 1.165) is 39.8 Å². The van der Waals surface area contributed by atoms with Gasteiger partial charge in [-0.15, -0.1) is 0 Å². The maximum atomic E-state index is 5.72. The molecule has 0 aliphatic heterocycles. The van der Waals surface area contributed by atoms with E-state index in [-0.39, 0.29) is 5.41 Å². The molecule has 1 atom stereocenters. The highest BCUT2D eigenvalue weighted by atomic mass is 15.0. The van der Waals surface area contributed by atoms with Gasteiger partial charge in [0.15, 0.2) is 17.5 Å². The van der Waals surface area contributed by atoms with Crippen LogP contribution in [0.25, 0.3) is 84.2 Å². The van der Waals surface area contributed by atoms with E-state index in [1.54, 1.807) is 0 Å². The second-order valence-corrected chi connectivity index (χ2v) is 20.6. The Hall–Kier alpha value is -8.79. The summed E-state index contributed by atoms with van der Waals surface area (Å²) >= 11 is 0. The first-order valence-corrected chi connectivity index (χ1v) is 25.2. The molecule has 9 aromatic carbocycles. The quantitative estimate of drug-likeness (QED) is 0.177. The average molecular weight is 918 g/mol. The lowest BCUT2D eigenvalue weighted by Crippen LogP contribution is -2.27. The molecule has 0 saturated carbocycles. The van der Waals surface area contributed by atoms with Gasteiger partial charge in [-0.2, -0.15) is 0 Å². The van der Waals surface area contributed by atoms with Crippen LogP contribution in [0.5, 0.6) is 0 Å². The Balaban J connectivity index is 1.01. The molecule has 0 fully saturated rings. The van der Waals surface area contributed by atoms with Crippen molar-refractivity contribution in [2.45, 2.75) is 36.5 Å². The summed E-state index contributed by atoms with van der Waals surface area (Å²) in [6, 6.07) is 74.0. The summed E-state index contributed by atoms with van der Waals surface area (Å²) in [5, 5.41) is 0. The summed E-state index contributed by atoms with van der Waals surface area (Å²) in [6.45, 7) is 9.26. The van der Waals surface area contributed by atoms with Gasteiger partial charge in [-0.1, -0.05) is 239 Å². The van der Waals surface area contributed by atoms with Crippen molar-refractivity contribution in [3.05, 3.63) is 287 Å². The smallest absolute Gasteiger partial charge is 0.164 e. The molecule has 1 unspecified atom stereocenters. The predicted octanol–water partition coefficient (Wildman–Crippen LogP) is 16.4. The molecule has 2 spiro atoms. The number of nitrogens with zero attached hydrogens (tertiary/aromatic N) is 3. The molecule has 1 aromatic heterocycles. The number of hydrogen-bond donors (Lipinski definition) is 0. The van der Waals surface area contributed by atoms with E-state index in [2.05, 4.69) is 245 Å². The molecule has 0 amide bonds. The first kappa shape index (κ1) is 41.0. The molecule has 0 bridgehead atoms. The van der Waals surface area contributed by atoms with Gasteiger partial charge < -0.3 is 0 Å². The highest BCUT2D eigenvalue weighted by Crippen LogP contribution is 2.64. The van der Waals surface area contributed by atoms with Crippen LogP contribution in [0.4, 0.5) is 0 Å². The van der Waals surface area contributed by atoms with Gasteiger partial charge in [-0.25, -0.2) is 15.0 Å². The first-order chi connectivity index (χ1) is 35.4. The third-order valence-electron chi connectivity index (χ3n) is 16.9. The molecule has 0 radical (unpaired) electrons. The topological polar surface area (TPSA) is 38.7 Å². The lowest BCUT2D eigenvalue weighted by Gasteiger charge is -2.34. The molecule has 1 heterocycles. The Morgan fingerprint density at radius 2 is 0.792 bits per heavy atom. The second kappa shape index (κ2) is 14.9. The van der Waals surface area contributed by atoms with Gasteiger partial charge in [-0.05, 0) is 118 Å². The highest BCUT2D eigenvalue weighted by Gasteiger charge is 2.52. The fraction of sp³-hybridized carbons (Fsp3) is 0.0870. The van der Waals surface area contributed by atoms with Gasteiger partial charge in [0, 0.05) is 22.1 Å². The first-order valence-electron chi connectivity index (χ1n) is 25.2. The molecule has 10 aromatic rings. The largest absolute Gasteiger partial charge is 0.208 e. The predicted molar refractivity (Wildman–Crippen MR) is 294 cm³/mol. The zero-order valence-corrected chi connectivity index (χ0v) is 40.1. The van der Waals surface area contributed by atoms with Crippen molar-refractivity contribution in [2.75, 3.05) is 0 Å². The van der Waals surface area contributed by atoms with E-state index >= 15 is 0 Å². The third-order valence-corrected chi connectivity index (χ3v) is 16.9. The van der Waals surface area contributed by atoms with Gasteiger partial charge in [0.2, 0.25) is 0 Å². The van der Waals surface area contributed by atoms with Crippen molar-refractivity contribution in [1.82, 2.24) is 15.0 Å². The van der Waals surface area contributed by atoms with E-state index in [1.165, 1.54) is 89.0 Å². The molecule has 15 rings (SSSR count). The molecule has 3 heteroatoms. The summed E-state index contributed by atoms with van der Waals surface area (Å²) in [7, 11) is 0. The maximum Gasteiger partial charge on any atom is 0.164 e. The normalized spacial score (nSPS) is 18.1. The minimum absolute atomic E-state index is 0.201. The van der Waals surface area contributed by atoms with Crippen LogP contribution < -0.4 is 0 Å². The standard InChI is InChI=1S/C69H47N3/c1-42-21-5-4-18-40-68(54-31-13-6-22-44(42)54)55-32-14-10-26-49(55)62-51(28-19-36-59(62)68)65-70-64(43-38-39-48-45-23-7-12-30-53(45)67(2,3)61(48)41-43)71-66(72-65)52-29-20-37-60-63(52)50-27-11-17-35-58(50)69(60)56-33-15-8-24-46(56)47-25-9-16-34-57(47)69/h4-39,41H,1,40H2,2-3H3/b18-4-,21-5-. The molecular formula is C69H47N3. The van der Waals surface area contributed by atoms with E-state index in [0.29, 0.717) is 17.5 Å². The molecule has 72 heavy (non-hydrogen) atoms. The van der Waals surface area contributed by atoms with E-state index < -0.39 is 10.8 Å². The van der Waals surface area contributed by atoms with Crippen molar-refractivity contribution >= 4 is 5.57 Å². The van der Waals surface area contributed by atoms with E-state index in [1.807, 2.05) is 0 Å². The van der Waals surface area contributed by atoms with Crippen molar-refractivity contribution in [1.29, 1.82) is 0 Å². The van der Waals surface area contributed by atoms with Gasteiger partial charge >= 0.3 is 0 Å². The number of aromatic nitrogens is 3. The van der Waals surface area contributed by atoms with Crippen molar-refractivity contribution in [3.63, 3.8) is 0 Å². The number of fused-ring (bicyclic) bond motifs is 20.